The Kier molecular flexibility index (Phi) is 13.4. The van der Waals surface area contributed by atoms with Crippen LogP contribution in [0.4, 0.5) is 5.82 Å². The molecule has 0 aliphatic heterocycles. The molecule has 2 N–H and O–H groups in total. The van der Waals surface area contributed by atoms with Gasteiger partial charge in [0.25, 0.3) is 0 Å². The standard InChI is InChI=1S/C19H35N5O.HI/c1-7-20-19(21-13-12-17(15(3)4)25-8-2)22-14-16-10-9-11-18(23-16)24(5)6;/h9-11,15,17H,7-8,12-14H2,1-6H3,(H2,20,21,22);1H. The Labute approximate surface area is 176 Å². The highest BCUT2D eigenvalue weighted by Crippen LogP contribution is 2.10. The lowest BCUT2D eigenvalue weighted by molar-refractivity contribution is 0.0258. The highest BCUT2D eigenvalue weighted by Gasteiger charge is 2.13. The van der Waals surface area contributed by atoms with Gasteiger partial charge in [-0.3, -0.25) is 0 Å². The fourth-order valence-electron chi connectivity index (χ4n) is 2.46. The molecule has 0 spiro atoms. The summed E-state index contributed by atoms with van der Waals surface area (Å²) in [5.74, 6) is 2.28. The van der Waals surface area contributed by atoms with E-state index in [9.17, 15) is 0 Å². The van der Waals surface area contributed by atoms with Gasteiger partial charge in [-0.25, -0.2) is 9.98 Å². The highest BCUT2D eigenvalue weighted by molar-refractivity contribution is 14.0. The van der Waals surface area contributed by atoms with E-state index in [1.807, 2.05) is 44.1 Å². The SMILES string of the molecule is CCNC(=NCc1cccc(N(C)C)n1)NCCC(OCC)C(C)C.I. The molecule has 6 nitrogen and oxygen atoms in total. The van der Waals surface area contributed by atoms with Crippen molar-refractivity contribution in [2.45, 2.75) is 46.8 Å². The molecule has 26 heavy (non-hydrogen) atoms. The van der Waals surface area contributed by atoms with Gasteiger partial charge < -0.3 is 20.3 Å². The van der Waals surface area contributed by atoms with Crippen molar-refractivity contribution < 1.29 is 4.74 Å². The van der Waals surface area contributed by atoms with Crippen LogP contribution in [-0.2, 0) is 11.3 Å². The molecule has 1 aromatic heterocycles. The van der Waals surface area contributed by atoms with E-state index in [0.29, 0.717) is 12.5 Å². The van der Waals surface area contributed by atoms with E-state index < -0.39 is 0 Å². The van der Waals surface area contributed by atoms with E-state index in [2.05, 4.69) is 41.4 Å². The molecule has 0 aliphatic rings. The number of nitrogens with one attached hydrogen (secondary N) is 2. The number of ether oxygens (including phenoxy) is 1. The minimum Gasteiger partial charge on any atom is -0.378 e. The number of aromatic nitrogens is 1. The normalized spacial score (nSPS) is 12.5. The van der Waals surface area contributed by atoms with Gasteiger partial charge in [-0.2, -0.15) is 0 Å². The lowest BCUT2D eigenvalue weighted by Crippen LogP contribution is -2.39. The maximum atomic E-state index is 5.80. The quantitative estimate of drug-likeness (QED) is 0.308. The molecule has 0 fully saturated rings. The molecule has 0 saturated heterocycles. The molecule has 0 amide bonds. The maximum Gasteiger partial charge on any atom is 0.191 e. The zero-order valence-electron chi connectivity index (χ0n) is 17.1. The fraction of sp³-hybridized carbons (Fsp3) is 0.684. The van der Waals surface area contributed by atoms with Gasteiger partial charge in [0.05, 0.1) is 18.3 Å². The molecule has 1 atom stereocenters. The van der Waals surface area contributed by atoms with E-state index in [1.165, 1.54) is 0 Å². The second-order valence-corrected chi connectivity index (χ2v) is 6.53. The summed E-state index contributed by atoms with van der Waals surface area (Å²) in [6.07, 6.45) is 1.24. The predicted molar refractivity (Wildman–Crippen MR) is 122 cm³/mol. The summed E-state index contributed by atoms with van der Waals surface area (Å²) in [6, 6.07) is 6.02. The van der Waals surface area contributed by atoms with Crippen molar-refractivity contribution in [3.8, 4) is 0 Å². The van der Waals surface area contributed by atoms with E-state index in [0.717, 1.165) is 43.6 Å². The fourth-order valence-corrected chi connectivity index (χ4v) is 2.46. The van der Waals surface area contributed by atoms with Gasteiger partial charge in [0.15, 0.2) is 5.96 Å². The average molecular weight is 477 g/mol. The topological polar surface area (TPSA) is 61.8 Å². The molecule has 1 rings (SSSR count). The molecule has 1 heterocycles. The molecule has 0 aliphatic carbocycles. The zero-order valence-corrected chi connectivity index (χ0v) is 19.4. The van der Waals surface area contributed by atoms with Gasteiger partial charge in [-0.15, -0.1) is 24.0 Å². The number of nitrogens with zero attached hydrogens (tertiary/aromatic N) is 3. The van der Waals surface area contributed by atoms with Gasteiger partial charge in [0.1, 0.15) is 5.82 Å². The average Bonchev–Trinajstić information content (AvgIpc) is 2.58. The lowest BCUT2D eigenvalue weighted by atomic mass is 10.0. The van der Waals surface area contributed by atoms with Crippen LogP contribution >= 0.6 is 24.0 Å². The van der Waals surface area contributed by atoms with Gasteiger partial charge in [-0.05, 0) is 38.3 Å². The second kappa shape index (κ2) is 14.0. The first kappa shape index (κ1) is 24.9. The van der Waals surface area contributed by atoms with E-state index >= 15 is 0 Å². The van der Waals surface area contributed by atoms with Crippen LogP contribution in [0.3, 0.4) is 0 Å². The molecular weight excluding hydrogens is 441 g/mol. The third kappa shape index (κ3) is 9.56. The number of guanidine groups is 1. The first-order valence-electron chi connectivity index (χ1n) is 9.24. The van der Waals surface area contributed by atoms with Crippen LogP contribution in [0.2, 0.25) is 0 Å². The van der Waals surface area contributed by atoms with E-state index in [1.54, 1.807) is 0 Å². The van der Waals surface area contributed by atoms with Gasteiger partial charge in [-0.1, -0.05) is 19.9 Å². The van der Waals surface area contributed by atoms with Crippen molar-refractivity contribution >= 4 is 35.8 Å². The smallest absolute Gasteiger partial charge is 0.191 e. The maximum absolute atomic E-state index is 5.80. The molecule has 0 bridgehead atoms. The molecule has 0 aromatic carbocycles. The Morgan fingerprint density at radius 3 is 2.54 bits per heavy atom. The van der Waals surface area contributed by atoms with Crippen LogP contribution in [0, 0.1) is 5.92 Å². The van der Waals surface area contributed by atoms with Crippen molar-refractivity contribution in [1.29, 1.82) is 0 Å². The molecule has 150 valence electrons. The summed E-state index contributed by atoms with van der Waals surface area (Å²) < 4.78 is 5.80. The monoisotopic (exact) mass is 477 g/mol. The number of halogens is 1. The van der Waals surface area contributed by atoms with Gasteiger partial charge >= 0.3 is 0 Å². The third-order valence-corrected chi connectivity index (χ3v) is 3.84. The van der Waals surface area contributed by atoms with Crippen LogP contribution in [0.1, 0.15) is 39.8 Å². The van der Waals surface area contributed by atoms with Crippen LogP contribution in [0.5, 0.6) is 0 Å². The van der Waals surface area contributed by atoms with Crippen molar-refractivity contribution in [3.63, 3.8) is 0 Å². The predicted octanol–water partition coefficient (Wildman–Crippen LogP) is 3.27. The van der Waals surface area contributed by atoms with Crippen molar-refractivity contribution in [2.75, 3.05) is 38.7 Å². The summed E-state index contributed by atoms with van der Waals surface area (Å²) in [7, 11) is 3.98. The lowest BCUT2D eigenvalue weighted by Gasteiger charge is -2.21. The van der Waals surface area contributed by atoms with Crippen LogP contribution in [0.15, 0.2) is 23.2 Å². The van der Waals surface area contributed by atoms with E-state index in [4.69, 9.17) is 4.74 Å². The van der Waals surface area contributed by atoms with Crippen molar-refractivity contribution in [3.05, 3.63) is 23.9 Å². The first-order chi connectivity index (χ1) is 12.0. The number of aliphatic imine (C=N–C) groups is 1. The third-order valence-electron chi connectivity index (χ3n) is 3.84. The molecule has 0 saturated carbocycles. The molecule has 1 unspecified atom stereocenters. The van der Waals surface area contributed by atoms with Crippen LogP contribution in [0.25, 0.3) is 0 Å². The Morgan fingerprint density at radius 1 is 1.23 bits per heavy atom. The largest absolute Gasteiger partial charge is 0.378 e. The number of hydrogen-bond donors (Lipinski definition) is 2. The summed E-state index contributed by atoms with van der Waals surface area (Å²) in [5.41, 5.74) is 0.956. The Morgan fingerprint density at radius 2 is 1.96 bits per heavy atom. The second-order valence-electron chi connectivity index (χ2n) is 6.53. The van der Waals surface area contributed by atoms with Crippen molar-refractivity contribution in [1.82, 2.24) is 15.6 Å². The zero-order chi connectivity index (χ0) is 18.7. The summed E-state index contributed by atoms with van der Waals surface area (Å²) in [6.45, 7) is 11.5. The van der Waals surface area contributed by atoms with Gasteiger partial charge in [0, 0.05) is 33.8 Å². The summed E-state index contributed by atoms with van der Waals surface area (Å²) in [4.78, 5) is 11.2. The summed E-state index contributed by atoms with van der Waals surface area (Å²) in [5, 5.41) is 6.68. The Balaban J connectivity index is 0.00000625. The molecule has 0 radical (unpaired) electrons. The summed E-state index contributed by atoms with van der Waals surface area (Å²) >= 11 is 0. The highest BCUT2D eigenvalue weighted by atomic mass is 127. The Bertz CT molecular complexity index is 522. The number of hydrogen-bond acceptors (Lipinski definition) is 4. The first-order valence-corrected chi connectivity index (χ1v) is 9.24. The molecule has 1 aromatic rings. The number of pyridine rings is 1. The van der Waals surface area contributed by atoms with Gasteiger partial charge in [0.2, 0.25) is 0 Å². The molecular formula is C19H36IN5O. The minimum absolute atomic E-state index is 0. The molecule has 7 heteroatoms. The van der Waals surface area contributed by atoms with E-state index in [-0.39, 0.29) is 30.1 Å². The number of rotatable bonds is 10. The van der Waals surface area contributed by atoms with Crippen LogP contribution in [-0.4, -0.2) is 50.8 Å². The van der Waals surface area contributed by atoms with Crippen LogP contribution < -0.4 is 15.5 Å². The minimum atomic E-state index is 0. The Hall–Kier alpha value is -1.09. The van der Waals surface area contributed by atoms with Crippen molar-refractivity contribution in [2.24, 2.45) is 10.9 Å². The number of anilines is 1.